The van der Waals surface area contributed by atoms with E-state index < -0.39 is 0 Å². The second kappa shape index (κ2) is 5.98. The molecule has 0 atom stereocenters. The lowest BCUT2D eigenvalue weighted by molar-refractivity contribution is 0.172. The van der Waals surface area contributed by atoms with Crippen molar-refractivity contribution in [2.45, 2.75) is 25.4 Å². The lowest BCUT2D eigenvalue weighted by Crippen LogP contribution is -2.39. The van der Waals surface area contributed by atoms with Crippen molar-refractivity contribution in [3.05, 3.63) is 35.9 Å². The van der Waals surface area contributed by atoms with Crippen molar-refractivity contribution in [2.75, 3.05) is 20.1 Å². The van der Waals surface area contributed by atoms with E-state index >= 15 is 0 Å². The maximum absolute atomic E-state index is 2.50. The number of rotatable bonds is 3. The highest BCUT2D eigenvalue weighted by molar-refractivity contribution is 14.1. The minimum atomic E-state index is 0.756. The summed E-state index contributed by atoms with van der Waals surface area (Å²) in [5.41, 5.74) is 1.42. The summed E-state index contributed by atoms with van der Waals surface area (Å²) in [4.78, 5) is 2.50. The zero-order valence-electron chi connectivity index (χ0n) is 9.77. The van der Waals surface area contributed by atoms with Gasteiger partial charge in [0.25, 0.3) is 0 Å². The molecule has 1 aliphatic heterocycles. The topological polar surface area (TPSA) is 6.48 Å². The first-order chi connectivity index (χ1) is 7.75. The molecule has 0 aromatic heterocycles. The van der Waals surface area contributed by atoms with Gasteiger partial charge in [0.1, 0.15) is 0 Å². The monoisotopic (exact) mass is 330 g/mol. The maximum Gasteiger partial charge on any atom is 0.0233 e. The second-order valence-corrected chi connectivity index (χ2v) is 5.91. The Morgan fingerprint density at radius 2 is 1.88 bits per heavy atom. The Morgan fingerprint density at radius 1 is 1.25 bits per heavy atom. The number of benzene rings is 1. The maximum atomic E-state index is 2.50. The molecule has 1 aromatic rings. The van der Waals surface area contributed by atoms with E-state index in [1.807, 2.05) is 0 Å². The first-order valence-electron chi connectivity index (χ1n) is 5.90. The molecular formula is C13H19IN2. The minimum absolute atomic E-state index is 0.756. The first-order valence-corrected chi connectivity index (χ1v) is 6.87. The van der Waals surface area contributed by atoms with Crippen molar-refractivity contribution in [1.29, 1.82) is 0 Å². The van der Waals surface area contributed by atoms with Crippen molar-refractivity contribution in [3.8, 4) is 0 Å². The summed E-state index contributed by atoms with van der Waals surface area (Å²) in [7, 11) is 2.25. The van der Waals surface area contributed by atoms with E-state index in [2.05, 4.69) is 68.3 Å². The van der Waals surface area contributed by atoms with Gasteiger partial charge in [-0.1, -0.05) is 30.3 Å². The normalized spacial score (nSPS) is 19.2. The highest BCUT2D eigenvalue weighted by atomic mass is 127. The molecule has 0 amide bonds. The average Bonchev–Trinajstić information content (AvgIpc) is 2.31. The predicted molar refractivity (Wildman–Crippen MR) is 76.5 cm³/mol. The Bertz CT molecular complexity index is 307. The Kier molecular flexibility index (Phi) is 4.61. The fraction of sp³-hybridized carbons (Fsp3) is 0.538. The minimum Gasteiger partial charge on any atom is -0.299 e. The molecule has 1 saturated heterocycles. The highest BCUT2D eigenvalue weighted by Crippen LogP contribution is 2.19. The van der Waals surface area contributed by atoms with Crippen LogP contribution in [0.1, 0.15) is 18.4 Å². The molecule has 2 nitrogen and oxygen atoms in total. The lowest BCUT2D eigenvalue weighted by Gasteiger charge is -2.34. The zero-order valence-corrected chi connectivity index (χ0v) is 11.9. The Balaban J connectivity index is 1.86. The van der Waals surface area contributed by atoms with Gasteiger partial charge in [0.15, 0.2) is 0 Å². The first kappa shape index (κ1) is 12.3. The van der Waals surface area contributed by atoms with Crippen LogP contribution in [0, 0.1) is 0 Å². The van der Waals surface area contributed by atoms with Gasteiger partial charge in [-0.3, -0.25) is 4.90 Å². The van der Waals surface area contributed by atoms with Gasteiger partial charge in [0.2, 0.25) is 0 Å². The molecule has 0 spiro atoms. The lowest BCUT2D eigenvalue weighted by atomic mass is 10.0. The molecule has 0 radical (unpaired) electrons. The van der Waals surface area contributed by atoms with Crippen molar-refractivity contribution >= 4 is 22.9 Å². The number of nitrogens with zero attached hydrogens (tertiary/aromatic N) is 2. The van der Waals surface area contributed by atoms with Crippen LogP contribution < -0.4 is 0 Å². The summed E-state index contributed by atoms with van der Waals surface area (Å²) in [5.74, 6) is 0. The van der Waals surface area contributed by atoms with Gasteiger partial charge < -0.3 is 0 Å². The second-order valence-electron chi connectivity index (χ2n) is 4.54. The molecule has 2 rings (SSSR count). The van der Waals surface area contributed by atoms with E-state index in [4.69, 9.17) is 0 Å². The summed E-state index contributed by atoms with van der Waals surface area (Å²) >= 11 is 2.43. The third-order valence-electron chi connectivity index (χ3n) is 3.31. The van der Waals surface area contributed by atoms with Crippen molar-refractivity contribution in [3.63, 3.8) is 0 Å². The fourth-order valence-corrected chi connectivity index (χ4v) is 2.83. The van der Waals surface area contributed by atoms with Crippen molar-refractivity contribution in [2.24, 2.45) is 0 Å². The Hall–Kier alpha value is -0.130. The molecule has 0 aliphatic carbocycles. The Morgan fingerprint density at radius 3 is 2.50 bits per heavy atom. The molecule has 0 saturated carbocycles. The molecule has 1 aromatic carbocycles. The summed E-state index contributed by atoms with van der Waals surface area (Å²) in [6.45, 7) is 3.53. The summed E-state index contributed by atoms with van der Waals surface area (Å²) < 4.78 is 2.39. The van der Waals surface area contributed by atoms with Crippen molar-refractivity contribution in [1.82, 2.24) is 8.01 Å². The summed E-state index contributed by atoms with van der Waals surface area (Å²) in [6.07, 6.45) is 2.60. The smallest absolute Gasteiger partial charge is 0.0233 e. The third kappa shape index (κ3) is 3.43. The van der Waals surface area contributed by atoms with E-state index in [1.54, 1.807) is 0 Å². The summed E-state index contributed by atoms with van der Waals surface area (Å²) in [6, 6.07) is 11.5. The molecule has 88 valence electrons. The summed E-state index contributed by atoms with van der Waals surface area (Å²) in [5, 5.41) is 0. The van der Waals surface area contributed by atoms with Crippen LogP contribution in [0.25, 0.3) is 0 Å². The number of hydrogen-bond donors (Lipinski definition) is 0. The van der Waals surface area contributed by atoms with E-state index in [0.29, 0.717) is 0 Å². The number of piperidine rings is 1. The van der Waals surface area contributed by atoms with E-state index in [1.165, 1.54) is 31.5 Å². The van der Waals surface area contributed by atoms with E-state index in [-0.39, 0.29) is 0 Å². The number of halogens is 1. The van der Waals surface area contributed by atoms with E-state index in [9.17, 15) is 0 Å². The van der Waals surface area contributed by atoms with Gasteiger partial charge in [-0.05, 0) is 25.5 Å². The standard InChI is InChI=1S/C13H19IN2/c1-15(11-12-5-3-2-4-6-12)13-7-9-16(14)10-8-13/h2-6,13H,7-11H2,1H3. The van der Waals surface area contributed by atoms with Crippen LogP contribution in [0.5, 0.6) is 0 Å². The van der Waals surface area contributed by atoms with Crippen LogP contribution >= 0.6 is 22.9 Å². The average molecular weight is 330 g/mol. The molecule has 1 heterocycles. The van der Waals surface area contributed by atoms with Gasteiger partial charge in [-0.25, -0.2) is 3.11 Å². The van der Waals surface area contributed by atoms with Crippen LogP contribution in [0.2, 0.25) is 0 Å². The van der Waals surface area contributed by atoms with E-state index in [0.717, 1.165) is 12.6 Å². The molecule has 1 fully saturated rings. The van der Waals surface area contributed by atoms with Gasteiger partial charge in [-0.2, -0.15) is 0 Å². The molecule has 0 bridgehead atoms. The van der Waals surface area contributed by atoms with Crippen LogP contribution in [0.15, 0.2) is 30.3 Å². The molecule has 16 heavy (non-hydrogen) atoms. The quantitative estimate of drug-likeness (QED) is 0.621. The van der Waals surface area contributed by atoms with Gasteiger partial charge in [0, 0.05) is 48.5 Å². The molecular weight excluding hydrogens is 311 g/mol. The highest BCUT2D eigenvalue weighted by Gasteiger charge is 2.20. The van der Waals surface area contributed by atoms with Crippen LogP contribution in [-0.2, 0) is 6.54 Å². The third-order valence-corrected chi connectivity index (χ3v) is 4.27. The van der Waals surface area contributed by atoms with Crippen molar-refractivity contribution < 1.29 is 0 Å². The molecule has 0 N–H and O–H groups in total. The SMILES string of the molecule is CN(Cc1ccccc1)C1CCN(I)CC1. The molecule has 3 heteroatoms. The Labute approximate surface area is 112 Å². The van der Waals surface area contributed by atoms with Gasteiger partial charge in [0.05, 0.1) is 0 Å². The molecule has 0 unspecified atom stereocenters. The largest absolute Gasteiger partial charge is 0.299 e. The van der Waals surface area contributed by atoms with Gasteiger partial charge in [-0.15, -0.1) is 0 Å². The van der Waals surface area contributed by atoms with Crippen LogP contribution in [0.4, 0.5) is 0 Å². The van der Waals surface area contributed by atoms with Gasteiger partial charge >= 0.3 is 0 Å². The zero-order chi connectivity index (χ0) is 11.4. The van der Waals surface area contributed by atoms with Crippen LogP contribution in [-0.4, -0.2) is 34.2 Å². The molecule has 1 aliphatic rings. The van der Waals surface area contributed by atoms with Crippen LogP contribution in [0.3, 0.4) is 0 Å². The predicted octanol–water partition coefficient (Wildman–Crippen LogP) is 2.93. The fourth-order valence-electron chi connectivity index (χ4n) is 2.28. The number of hydrogen-bond acceptors (Lipinski definition) is 2.